The lowest BCUT2D eigenvalue weighted by atomic mass is 10.1. The van der Waals surface area contributed by atoms with Gasteiger partial charge in [-0.2, -0.15) is 0 Å². The van der Waals surface area contributed by atoms with Crippen molar-refractivity contribution in [3.8, 4) is 0 Å². The van der Waals surface area contributed by atoms with Crippen LogP contribution in [0.4, 0.5) is 0 Å². The van der Waals surface area contributed by atoms with Gasteiger partial charge in [0.05, 0.1) is 0 Å². The van der Waals surface area contributed by atoms with Crippen molar-refractivity contribution in [1.29, 1.82) is 0 Å². The number of carbonyl (C=O) groups is 2. The Morgan fingerprint density at radius 1 is 1.53 bits per heavy atom. The van der Waals surface area contributed by atoms with Gasteiger partial charge in [0.1, 0.15) is 6.04 Å². The van der Waals surface area contributed by atoms with Gasteiger partial charge in [0.2, 0.25) is 11.8 Å². The zero-order chi connectivity index (χ0) is 12.7. The average Bonchev–Trinajstić information content (AvgIpc) is 2.34. The highest BCUT2D eigenvalue weighted by atomic mass is 16.5. The standard InChI is InChI=1S/C12H22N2O3/c1-3-10-12(16)13-7-8-14(10)11(15)6-5-9-17-4-2/h10H,3-9H2,1-2H3,(H,13,16). The molecular formula is C12H22N2O3. The Bertz CT molecular complexity index is 268. The van der Waals surface area contributed by atoms with Gasteiger partial charge in [0.25, 0.3) is 0 Å². The molecule has 5 heteroatoms. The zero-order valence-electron chi connectivity index (χ0n) is 10.7. The van der Waals surface area contributed by atoms with Gasteiger partial charge < -0.3 is 15.0 Å². The Morgan fingerprint density at radius 3 is 2.94 bits per heavy atom. The summed E-state index contributed by atoms with van der Waals surface area (Å²) in [5.41, 5.74) is 0. The number of nitrogens with zero attached hydrogens (tertiary/aromatic N) is 1. The molecule has 1 aliphatic rings. The Morgan fingerprint density at radius 2 is 2.29 bits per heavy atom. The van der Waals surface area contributed by atoms with Crippen LogP contribution in [-0.2, 0) is 14.3 Å². The summed E-state index contributed by atoms with van der Waals surface area (Å²) >= 11 is 0. The number of amides is 2. The van der Waals surface area contributed by atoms with E-state index < -0.39 is 0 Å². The summed E-state index contributed by atoms with van der Waals surface area (Å²) in [6.07, 6.45) is 1.86. The first kappa shape index (κ1) is 14.0. The van der Waals surface area contributed by atoms with Crippen LogP contribution in [0.1, 0.15) is 33.1 Å². The topological polar surface area (TPSA) is 58.6 Å². The van der Waals surface area contributed by atoms with Crippen molar-refractivity contribution in [3.63, 3.8) is 0 Å². The predicted octanol–water partition coefficient (Wildman–Crippen LogP) is 0.540. The number of piperazine rings is 1. The number of carbonyl (C=O) groups excluding carboxylic acids is 2. The van der Waals surface area contributed by atoms with Gasteiger partial charge in [-0.05, 0) is 19.8 Å². The summed E-state index contributed by atoms with van der Waals surface area (Å²) in [4.78, 5) is 25.3. The first-order chi connectivity index (χ1) is 8.20. The van der Waals surface area contributed by atoms with Gasteiger partial charge in [-0.3, -0.25) is 9.59 Å². The van der Waals surface area contributed by atoms with Gasteiger partial charge >= 0.3 is 0 Å². The first-order valence-corrected chi connectivity index (χ1v) is 6.35. The molecule has 0 spiro atoms. The molecule has 1 unspecified atom stereocenters. The molecule has 1 N–H and O–H groups in total. The lowest BCUT2D eigenvalue weighted by molar-refractivity contribution is -0.143. The Balaban J connectivity index is 2.40. The number of hydrogen-bond acceptors (Lipinski definition) is 3. The van der Waals surface area contributed by atoms with E-state index in [9.17, 15) is 9.59 Å². The lowest BCUT2D eigenvalue weighted by Gasteiger charge is -2.34. The summed E-state index contributed by atoms with van der Waals surface area (Å²) in [7, 11) is 0. The van der Waals surface area contributed by atoms with Crippen LogP contribution in [0, 0.1) is 0 Å². The third-order valence-electron chi connectivity index (χ3n) is 2.92. The quantitative estimate of drug-likeness (QED) is 0.692. The molecule has 0 radical (unpaired) electrons. The fourth-order valence-electron chi connectivity index (χ4n) is 2.03. The highest BCUT2D eigenvalue weighted by Gasteiger charge is 2.30. The van der Waals surface area contributed by atoms with Gasteiger partial charge in [0, 0.05) is 32.7 Å². The van der Waals surface area contributed by atoms with Crippen LogP contribution in [0.15, 0.2) is 0 Å². The van der Waals surface area contributed by atoms with E-state index >= 15 is 0 Å². The molecule has 1 heterocycles. The minimum atomic E-state index is -0.289. The maximum Gasteiger partial charge on any atom is 0.242 e. The van der Waals surface area contributed by atoms with E-state index in [1.807, 2.05) is 13.8 Å². The van der Waals surface area contributed by atoms with E-state index in [2.05, 4.69) is 5.32 Å². The SMILES string of the molecule is CCOCCCC(=O)N1CCNC(=O)C1CC. The molecule has 1 atom stereocenters. The van der Waals surface area contributed by atoms with E-state index in [0.29, 0.717) is 39.1 Å². The molecule has 1 aliphatic heterocycles. The van der Waals surface area contributed by atoms with Gasteiger partial charge in [-0.1, -0.05) is 6.92 Å². The molecule has 0 aromatic rings. The van der Waals surface area contributed by atoms with Gasteiger partial charge in [0.15, 0.2) is 0 Å². The van der Waals surface area contributed by atoms with Gasteiger partial charge in [-0.15, -0.1) is 0 Å². The molecule has 1 fully saturated rings. The van der Waals surface area contributed by atoms with E-state index in [4.69, 9.17) is 4.74 Å². The average molecular weight is 242 g/mol. The van der Waals surface area contributed by atoms with Crippen molar-refractivity contribution in [2.75, 3.05) is 26.3 Å². The molecule has 1 rings (SSSR count). The zero-order valence-corrected chi connectivity index (χ0v) is 10.7. The number of hydrogen-bond donors (Lipinski definition) is 1. The summed E-state index contributed by atoms with van der Waals surface area (Å²) in [5, 5.41) is 2.79. The van der Waals surface area contributed by atoms with E-state index in [0.717, 1.165) is 6.42 Å². The molecular weight excluding hydrogens is 220 g/mol. The minimum absolute atomic E-state index is 0.0306. The minimum Gasteiger partial charge on any atom is -0.382 e. The van der Waals surface area contributed by atoms with Crippen molar-refractivity contribution < 1.29 is 14.3 Å². The first-order valence-electron chi connectivity index (χ1n) is 6.35. The van der Waals surface area contributed by atoms with Crippen LogP contribution in [0.3, 0.4) is 0 Å². The smallest absolute Gasteiger partial charge is 0.242 e. The predicted molar refractivity (Wildman–Crippen MR) is 64.5 cm³/mol. The lowest BCUT2D eigenvalue weighted by Crippen LogP contribution is -2.56. The van der Waals surface area contributed by atoms with E-state index in [1.165, 1.54) is 0 Å². The normalized spacial score (nSPS) is 20.2. The molecule has 0 aliphatic carbocycles. The second-order valence-electron chi connectivity index (χ2n) is 4.10. The maximum absolute atomic E-state index is 12.0. The fraction of sp³-hybridized carbons (Fsp3) is 0.833. The molecule has 17 heavy (non-hydrogen) atoms. The number of rotatable bonds is 6. The summed E-state index contributed by atoms with van der Waals surface area (Å²) in [6.45, 7) is 6.33. The van der Waals surface area contributed by atoms with Crippen molar-refractivity contribution in [2.24, 2.45) is 0 Å². The molecule has 2 amide bonds. The van der Waals surface area contributed by atoms with Crippen molar-refractivity contribution in [2.45, 2.75) is 39.2 Å². The third kappa shape index (κ3) is 4.00. The van der Waals surface area contributed by atoms with Crippen LogP contribution in [0.25, 0.3) is 0 Å². The van der Waals surface area contributed by atoms with E-state index in [-0.39, 0.29) is 17.9 Å². The number of nitrogens with one attached hydrogen (secondary N) is 1. The Labute approximate surface area is 102 Å². The van der Waals surface area contributed by atoms with Gasteiger partial charge in [-0.25, -0.2) is 0 Å². The van der Waals surface area contributed by atoms with Crippen LogP contribution >= 0.6 is 0 Å². The second kappa shape index (κ2) is 7.27. The van der Waals surface area contributed by atoms with E-state index in [1.54, 1.807) is 4.90 Å². The summed E-state index contributed by atoms with van der Waals surface area (Å²) in [5.74, 6) is 0.0308. The largest absolute Gasteiger partial charge is 0.382 e. The molecule has 98 valence electrons. The molecule has 0 bridgehead atoms. The van der Waals surface area contributed by atoms with Crippen molar-refractivity contribution in [1.82, 2.24) is 10.2 Å². The van der Waals surface area contributed by atoms with Crippen LogP contribution in [0.2, 0.25) is 0 Å². The highest BCUT2D eigenvalue weighted by Crippen LogP contribution is 2.11. The molecule has 0 aromatic carbocycles. The van der Waals surface area contributed by atoms with Crippen LogP contribution in [0.5, 0.6) is 0 Å². The van der Waals surface area contributed by atoms with Crippen LogP contribution in [-0.4, -0.2) is 49.1 Å². The molecule has 1 saturated heterocycles. The highest BCUT2D eigenvalue weighted by molar-refractivity contribution is 5.88. The third-order valence-corrected chi connectivity index (χ3v) is 2.92. The molecule has 0 saturated carbocycles. The molecule has 5 nitrogen and oxygen atoms in total. The molecule has 0 aromatic heterocycles. The van der Waals surface area contributed by atoms with Crippen molar-refractivity contribution >= 4 is 11.8 Å². The maximum atomic E-state index is 12.0. The Hall–Kier alpha value is -1.10. The summed E-state index contributed by atoms with van der Waals surface area (Å²) < 4.78 is 5.20. The Kier molecular flexibility index (Phi) is 5.97. The monoisotopic (exact) mass is 242 g/mol. The summed E-state index contributed by atoms with van der Waals surface area (Å²) in [6, 6.07) is -0.289. The fourth-order valence-corrected chi connectivity index (χ4v) is 2.03. The number of ether oxygens (including phenoxy) is 1. The van der Waals surface area contributed by atoms with Crippen molar-refractivity contribution in [3.05, 3.63) is 0 Å². The van der Waals surface area contributed by atoms with Crippen LogP contribution < -0.4 is 5.32 Å². The second-order valence-corrected chi connectivity index (χ2v) is 4.10.